The summed E-state index contributed by atoms with van der Waals surface area (Å²) in [7, 11) is 1.63. The number of aromatic amines is 1. The smallest absolute Gasteiger partial charge is 0.269 e. The molecule has 1 aliphatic heterocycles. The van der Waals surface area contributed by atoms with Crippen molar-refractivity contribution in [2.45, 2.75) is 12.5 Å². The first-order valence-electron chi connectivity index (χ1n) is 6.84. The Bertz CT molecular complexity index is 635. The number of methoxy groups -OCH3 is 1. The first-order valence-corrected chi connectivity index (χ1v) is 8.00. The highest BCUT2D eigenvalue weighted by atomic mass is 32.2. The van der Waals surface area contributed by atoms with Gasteiger partial charge in [0.15, 0.2) is 0 Å². The summed E-state index contributed by atoms with van der Waals surface area (Å²) < 4.78 is 5.20. The summed E-state index contributed by atoms with van der Waals surface area (Å²) in [6.07, 6.45) is 1.04. The number of nitrogens with zero attached hydrogens (tertiary/aromatic N) is 1. The van der Waals surface area contributed by atoms with Gasteiger partial charge in [0.2, 0.25) is 0 Å². The number of amides is 1. The lowest BCUT2D eigenvalue weighted by Gasteiger charge is -2.09. The molecule has 0 saturated carbocycles. The van der Waals surface area contributed by atoms with Crippen LogP contribution >= 0.6 is 11.8 Å². The average molecular weight is 303 g/mol. The summed E-state index contributed by atoms with van der Waals surface area (Å²) >= 11 is 1.87. The van der Waals surface area contributed by atoms with Gasteiger partial charge in [0.25, 0.3) is 5.91 Å². The zero-order valence-electron chi connectivity index (χ0n) is 11.8. The minimum absolute atomic E-state index is 0.0934. The van der Waals surface area contributed by atoms with Gasteiger partial charge in [-0.1, -0.05) is 12.1 Å². The van der Waals surface area contributed by atoms with Gasteiger partial charge in [-0.3, -0.25) is 9.89 Å². The largest absolute Gasteiger partial charge is 0.497 e. The van der Waals surface area contributed by atoms with Crippen LogP contribution in [-0.4, -0.2) is 40.8 Å². The van der Waals surface area contributed by atoms with Crippen LogP contribution in [0.4, 0.5) is 0 Å². The zero-order chi connectivity index (χ0) is 14.7. The number of rotatable bonds is 4. The van der Waals surface area contributed by atoms with Crippen molar-refractivity contribution in [2.24, 2.45) is 0 Å². The molecular formula is C15H17N3O2S. The Kier molecular flexibility index (Phi) is 4.15. The van der Waals surface area contributed by atoms with Gasteiger partial charge >= 0.3 is 0 Å². The lowest BCUT2D eigenvalue weighted by Crippen LogP contribution is -2.34. The molecule has 2 heterocycles. The Hall–Kier alpha value is -1.95. The third-order valence-corrected chi connectivity index (χ3v) is 4.62. The molecule has 1 aromatic carbocycles. The third kappa shape index (κ3) is 3.21. The van der Waals surface area contributed by atoms with Crippen LogP contribution < -0.4 is 10.1 Å². The Morgan fingerprint density at radius 2 is 2.38 bits per heavy atom. The summed E-state index contributed by atoms with van der Waals surface area (Å²) in [4.78, 5) is 12.2. The van der Waals surface area contributed by atoms with Crippen molar-refractivity contribution >= 4 is 17.7 Å². The van der Waals surface area contributed by atoms with E-state index in [0.717, 1.165) is 34.9 Å². The van der Waals surface area contributed by atoms with E-state index in [0.29, 0.717) is 5.69 Å². The van der Waals surface area contributed by atoms with Crippen LogP contribution in [0.25, 0.3) is 11.3 Å². The van der Waals surface area contributed by atoms with Crippen LogP contribution in [0.5, 0.6) is 5.75 Å². The molecule has 110 valence electrons. The quantitative estimate of drug-likeness (QED) is 0.909. The molecule has 6 heteroatoms. The average Bonchev–Trinajstić information content (AvgIpc) is 3.18. The topological polar surface area (TPSA) is 67.0 Å². The van der Waals surface area contributed by atoms with E-state index in [2.05, 4.69) is 15.5 Å². The number of carbonyl (C=O) groups is 1. The molecular weight excluding hydrogens is 286 g/mol. The number of carbonyl (C=O) groups excluding carboxylic acids is 1. The SMILES string of the molecule is COc1cccc(-c2cc(C(=O)N[C@H]3CCSC3)[nH]n2)c1. The maximum Gasteiger partial charge on any atom is 0.269 e. The number of hydrogen-bond acceptors (Lipinski definition) is 4. The van der Waals surface area contributed by atoms with Gasteiger partial charge in [0.05, 0.1) is 12.8 Å². The standard InChI is InChI=1S/C15H17N3O2S/c1-20-12-4-2-3-10(7-12)13-8-14(18-17-13)15(19)16-11-5-6-21-9-11/h2-4,7-8,11H,5-6,9H2,1H3,(H,16,19)(H,17,18)/t11-/m0/s1. The zero-order valence-corrected chi connectivity index (χ0v) is 12.6. The van der Waals surface area contributed by atoms with E-state index in [-0.39, 0.29) is 11.9 Å². The van der Waals surface area contributed by atoms with Crippen LogP contribution in [0, 0.1) is 0 Å². The van der Waals surface area contributed by atoms with Crippen molar-refractivity contribution in [3.05, 3.63) is 36.0 Å². The molecule has 2 aromatic rings. The number of thioether (sulfide) groups is 1. The maximum atomic E-state index is 12.2. The van der Waals surface area contributed by atoms with Crippen molar-refractivity contribution in [3.63, 3.8) is 0 Å². The fraction of sp³-hybridized carbons (Fsp3) is 0.333. The van der Waals surface area contributed by atoms with Gasteiger partial charge in [-0.05, 0) is 30.4 Å². The monoisotopic (exact) mass is 303 g/mol. The first-order chi connectivity index (χ1) is 10.3. The van der Waals surface area contributed by atoms with E-state index in [1.54, 1.807) is 13.2 Å². The summed E-state index contributed by atoms with van der Waals surface area (Å²) in [5, 5.41) is 10.0. The molecule has 0 bridgehead atoms. The molecule has 0 radical (unpaired) electrons. The van der Waals surface area contributed by atoms with Crippen molar-refractivity contribution in [1.82, 2.24) is 15.5 Å². The van der Waals surface area contributed by atoms with Crippen molar-refractivity contribution in [3.8, 4) is 17.0 Å². The Morgan fingerprint density at radius 3 is 3.14 bits per heavy atom. The van der Waals surface area contributed by atoms with Gasteiger partial charge in [0.1, 0.15) is 11.4 Å². The summed E-state index contributed by atoms with van der Waals surface area (Å²) in [6, 6.07) is 9.65. The maximum absolute atomic E-state index is 12.2. The van der Waals surface area contributed by atoms with E-state index in [1.807, 2.05) is 36.0 Å². The lowest BCUT2D eigenvalue weighted by atomic mass is 10.1. The summed E-state index contributed by atoms with van der Waals surface area (Å²) in [5.74, 6) is 2.78. The second-order valence-corrected chi connectivity index (χ2v) is 6.08. The van der Waals surface area contributed by atoms with Crippen LogP contribution in [0.2, 0.25) is 0 Å². The lowest BCUT2D eigenvalue weighted by molar-refractivity contribution is 0.0936. The van der Waals surface area contributed by atoms with E-state index in [1.165, 1.54) is 0 Å². The van der Waals surface area contributed by atoms with Crippen molar-refractivity contribution in [1.29, 1.82) is 0 Å². The molecule has 1 amide bonds. The molecule has 0 aliphatic carbocycles. The molecule has 1 fully saturated rings. The number of H-pyrrole nitrogens is 1. The van der Waals surface area contributed by atoms with Crippen molar-refractivity contribution < 1.29 is 9.53 Å². The molecule has 0 unspecified atom stereocenters. The fourth-order valence-electron chi connectivity index (χ4n) is 2.28. The van der Waals surface area contributed by atoms with Crippen molar-refractivity contribution in [2.75, 3.05) is 18.6 Å². The highest BCUT2D eigenvalue weighted by Gasteiger charge is 2.19. The molecule has 1 atom stereocenters. The minimum Gasteiger partial charge on any atom is -0.497 e. The van der Waals surface area contributed by atoms with Gasteiger partial charge < -0.3 is 10.1 Å². The summed E-state index contributed by atoms with van der Waals surface area (Å²) in [6.45, 7) is 0. The van der Waals surface area contributed by atoms with E-state index >= 15 is 0 Å². The van der Waals surface area contributed by atoms with Gasteiger partial charge in [-0.15, -0.1) is 0 Å². The Morgan fingerprint density at radius 1 is 1.48 bits per heavy atom. The molecule has 0 spiro atoms. The predicted octanol–water partition coefficient (Wildman–Crippen LogP) is 2.32. The molecule has 1 saturated heterocycles. The number of benzene rings is 1. The molecule has 3 rings (SSSR count). The van der Waals surface area contributed by atoms with E-state index in [9.17, 15) is 4.79 Å². The predicted molar refractivity (Wildman–Crippen MR) is 83.8 cm³/mol. The van der Waals surface area contributed by atoms with Crippen LogP contribution in [-0.2, 0) is 0 Å². The molecule has 2 N–H and O–H groups in total. The second-order valence-electron chi connectivity index (χ2n) is 4.93. The third-order valence-electron chi connectivity index (χ3n) is 3.45. The Labute approximate surface area is 127 Å². The van der Waals surface area contributed by atoms with Crippen LogP contribution in [0.15, 0.2) is 30.3 Å². The highest BCUT2D eigenvalue weighted by molar-refractivity contribution is 7.99. The van der Waals surface area contributed by atoms with E-state index < -0.39 is 0 Å². The number of nitrogens with one attached hydrogen (secondary N) is 2. The minimum atomic E-state index is -0.0934. The van der Waals surface area contributed by atoms with Gasteiger partial charge in [-0.2, -0.15) is 16.9 Å². The molecule has 1 aromatic heterocycles. The molecule has 1 aliphatic rings. The second kappa shape index (κ2) is 6.22. The Balaban J connectivity index is 1.74. The normalized spacial score (nSPS) is 17.7. The molecule has 21 heavy (non-hydrogen) atoms. The fourth-order valence-corrected chi connectivity index (χ4v) is 3.43. The van der Waals surface area contributed by atoms with Gasteiger partial charge in [-0.25, -0.2) is 0 Å². The molecule has 5 nitrogen and oxygen atoms in total. The number of hydrogen-bond donors (Lipinski definition) is 2. The van der Waals surface area contributed by atoms with Crippen LogP contribution in [0.3, 0.4) is 0 Å². The van der Waals surface area contributed by atoms with E-state index in [4.69, 9.17) is 4.74 Å². The first kappa shape index (κ1) is 14.0. The highest BCUT2D eigenvalue weighted by Crippen LogP contribution is 2.23. The summed E-state index contributed by atoms with van der Waals surface area (Å²) in [5.41, 5.74) is 2.14. The van der Waals surface area contributed by atoms with Crippen LogP contribution in [0.1, 0.15) is 16.9 Å². The number of aromatic nitrogens is 2. The number of ether oxygens (including phenoxy) is 1. The van der Waals surface area contributed by atoms with Gasteiger partial charge in [0, 0.05) is 17.4 Å².